The molecule has 0 aliphatic carbocycles. The van der Waals surface area contributed by atoms with Crippen molar-refractivity contribution in [2.24, 2.45) is 5.92 Å². The number of hydrogen-bond donors (Lipinski definition) is 2. The number of furan rings is 1. The van der Waals surface area contributed by atoms with Gasteiger partial charge in [0.05, 0.1) is 5.02 Å². The third-order valence-corrected chi connectivity index (χ3v) is 6.21. The predicted molar refractivity (Wildman–Crippen MR) is 140 cm³/mol. The van der Waals surface area contributed by atoms with Gasteiger partial charge in [0.1, 0.15) is 23.3 Å². The minimum absolute atomic E-state index is 0.0138. The van der Waals surface area contributed by atoms with E-state index in [1.165, 1.54) is 45.1 Å². The van der Waals surface area contributed by atoms with Crippen LogP contribution in [-0.2, 0) is 4.79 Å². The molecule has 3 aromatic rings. The van der Waals surface area contributed by atoms with E-state index < -0.39 is 5.91 Å². The van der Waals surface area contributed by atoms with E-state index in [0.717, 1.165) is 31.2 Å². The second kappa shape index (κ2) is 13.2. The molecule has 0 unspecified atom stereocenters. The van der Waals surface area contributed by atoms with Crippen LogP contribution in [0.15, 0.2) is 34.9 Å². The van der Waals surface area contributed by atoms with Crippen molar-refractivity contribution >= 4 is 46.4 Å². The van der Waals surface area contributed by atoms with Gasteiger partial charge in [0, 0.05) is 17.8 Å². The standard InChI is InChI=1S/C14H11ClN4O2.C12H23NO/c1-7-2-4-9-12(18-7)11(16)13(21-9)14(20)19-10-5-3-8(15)6-17-10;1-2-6-12(11-14)7-5-10-13-8-3-4-9-13/h2-6H,16H2,1H3,(H,17,19,20);11-12H,2-10H2,1H3/t;12-/m.1/s1. The van der Waals surface area contributed by atoms with Gasteiger partial charge in [-0.2, -0.15) is 0 Å². The Bertz CT molecular complexity index is 1110. The number of nitrogens with one attached hydrogen (secondary N) is 1. The van der Waals surface area contributed by atoms with E-state index in [1.807, 2.05) is 6.92 Å². The molecule has 1 aliphatic rings. The third kappa shape index (κ3) is 7.77. The quantitative estimate of drug-likeness (QED) is 0.373. The minimum atomic E-state index is -0.488. The highest BCUT2D eigenvalue weighted by atomic mass is 35.5. The summed E-state index contributed by atoms with van der Waals surface area (Å²) in [4.78, 5) is 33.7. The number of carbonyl (C=O) groups is 2. The monoisotopic (exact) mass is 499 g/mol. The Labute approximate surface area is 211 Å². The maximum Gasteiger partial charge on any atom is 0.294 e. The van der Waals surface area contributed by atoms with Crippen LogP contribution < -0.4 is 11.1 Å². The summed E-state index contributed by atoms with van der Waals surface area (Å²) >= 11 is 5.74. The van der Waals surface area contributed by atoms with Gasteiger partial charge in [0.15, 0.2) is 5.58 Å². The lowest BCUT2D eigenvalue weighted by atomic mass is 10.00. The fourth-order valence-corrected chi connectivity index (χ4v) is 4.23. The fourth-order valence-electron chi connectivity index (χ4n) is 4.12. The van der Waals surface area contributed by atoms with Gasteiger partial charge in [0.25, 0.3) is 5.91 Å². The number of rotatable bonds is 9. The summed E-state index contributed by atoms with van der Waals surface area (Å²) in [6, 6.07) is 6.72. The van der Waals surface area contributed by atoms with Gasteiger partial charge in [-0.25, -0.2) is 9.97 Å². The SMILES string of the molecule is CCC[C@@H](C=O)CCCN1CCCC1.Cc1ccc2oc(C(=O)Nc3ccc(Cl)cn3)c(N)c2n1. The molecule has 4 rings (SSSR count). The number of halogens is 1. The maximum absolute atomic E-state index is 12.2. The molecule has 35 heavy (non-hydrogen) atoms. The maximum atomic E-state index is 12.2. The number of anilines is 2. The van der Waals surface area contributed by atoms with Crippen LogP contribution in [0.4, 0.5) is 11.5 Å². The molecule has 0 radical (unpaired) electrons. The van der Waals surface area contributed by atoms with Crippen LogP contribution in [0.2, 0.25) is 5.02 Å². The molecule has 188 valence electrons. The van der Waals surface area contributed by atoms with Gasteiger partial charge >= 0.3 is 0 Å². The van der Waals surface area contributed by atoms with Gasteiger partial charge in [-0.1, -0.05) is 24.9 Å². The average Bonchev–Trinajstić information content (AvgIpc) is 3.48. The molecular formula is C26H34ClN5O3. The van der Waals surface area contributed by atoms with E-state index in [0.29, 0.717) is 27.9 Å². The Morgan fingerprint density at radius 1 is 1.26 bits per heavy atom. The molecule has 9 heteroatoms. The molecular weight excluding hydrogens is 466 g/mol. The number of aryl methyl sites for hydroxylation is 1. The highest BCUT2D eigenvalue weighted by molar-refractivity contribution is 6.30. The molecule has 0 aromatic carbocycles. The first-order valence-corrected chi connectivity index (χ1v) is 12.5. The van der Waals surface area contributed by atoms with Gasteiger partial charge < -0.3 is 25.2 Å². The Balaban J connectivity index is 0.000000214. The van der Waals surface area contributed by atoms with Gasteiger partial charge in [-0.15, -0.1) is 0 Å². The van der Waals surface area contributed by atoms with E-state index >= 15 is 0 Å². The number of pyridine rings is 2. The zero-order valence-corrected chi connectivity index (χ0v) is 21.2. The highest BCUT2D eigenvalue weighted by Gasteiger charge is 2.20. The minimum Gasteiger partial charge on any atom is -0.447 e. The summed E-state index contributed by atoms with van der Waals surface area (Å²) in [6.07, 6.45) is 9.81. The normalized spacial score (nSPS) is 14.4. The van der Waals surface area contributed by atoms with Gasteiger partial charge in [0.2, 0.25) is 5.76 Å². The first kappa shape index (κ1) is 26.6. The molecule has 8 nitrogen and oxygen atoms in total. The molecule has 3 N–H and O–H groups in total. The van der Waals surface area contributed by atoms with Crippen molar-refractivity contribution in [1.82, 2.24) is 14.9 Å². The van der Waals surface area contributed by atoms with E-state index in [4.69, 9.17) is 21.8 Å². The first-order valence-electron chi connectivity index (χ1n) is 12.2. The summed E-state index contributed by atoms with van der Waals surface area (Å²) in [6.45, 7) is 7.74. The number of carbonyl (C=O) groups excluding carboxylic acids is 2. The number of nitrogen functional groups attached to an aromatic ring is 1. The van der Waals surface area contributed by atoms with Crippen LogP contribution in [0, 0.1) is 12.8 Å². The number of aldehydes is 1. The first-order chi connectivity index (χ1) is 16.9. The molecule has 1 aliphatic heterocycles. The predicted octanol–water partition coefficient (Wildman–Crippen LogP) is 5.50. The molecule has 1 saturated heterocycles. The smallest absolute Gasteiger partial charge is 0.294 e. The zero-order valence-electron chi connectivity index (χ0n) is 20.4. The summed E-state index contributed by atoms with van der Waals surface area (Å²) in [5.41, 5.74) is 7.87. The molecule has 1 amide bonds. The highest BCUT2D eigenvalue weighted by Crippen LogP contribution is 2.27. The largest absolute Gasteiger partial charge is 0.447 e. The van der Waals surface area contributed by atoms with Crippen molar-refractivity contribution < 1.29 is 14.0 Å². The second-order valence-electron chi connectivity index (χ2n) is 8.84. The van der Waals surface area contributed by atoms with E-state index in [-0.39, 0.29) is 11.4 Å². The van der Waals surface area contributed by atoms with Crippen LogP contribution in [0.1, 0.15) is 61.7 Å². The number of amides is 1. The summed E-state index contributed by atoms with van der Waals surface area (Å²) in [5, 5.41) is 3.07. The molecule has 1 atom stereocenters. The Morgan fingerprint density at radius 2 is 2.03 bits per heavy atom. The van der Waals surface area contributed by atoms with Crippen LogP contribution in [-0.4, -0.2) is 46.7 Å². The van der Waals surface area contributed by atoms with Crippen LogP contribution in [0.25, 0.3) is 11.1 Å². The Hall–Kier alpha value is -2.97. The van der Waals surface area contributed by atoms with Crippen molar-refractivity contribution in [3.05, 3.63) is 46.9 Å². The average molecular weight is 500 g/mol. The van der Waals surface area contributed by atoms with Crippen molar-refractivity contribution in [3.63, 3.8) is 0 Å². The molecule has 4 heterocycles. The third-order valence-electron chi connectivity index (χ3n) is 5.98. The van der Waals surface area contributed by atoms with E-state index in [9.17, 15) is 9.59 Å². The molecule has 1 fully saturated rings. The van der Waals surface area contributed by atoms with Crippen LogP contribution in [0.5, 0.6) is 0 Å². The number of nitrogens with two attached hydrogens (primary N) is 1. The Kier molecular flexibility index (Phi) is 10.0. The number of fused-ring (bicyclic) bond motifs is 1. The summed E-state index contributed by atoms with van der Waals surface area (Å²) < 4.78 is 5.46. The molecule has 0 spiro atoms. The number of nitrogens with zero attached hydrogens (tertiary/aromatic N) is 3. The van der Waals surface area contributed by atoms with Crippen LogP contribution >= 0.6 is 11.6 Å². The topological polar surface area (TPSA) is 114 Å². The second-order valence-corrected chi connectivity index (χ2v) is 9.27. The molecule has 0 saturated carbocycles. The summed E-state index contributed by atoms with van der Waals surface area (Å²) in [7, 11) is 0. The lowest BCUT2D eigenvalue weighted by molar-refractivity contribution is -0.111. The van der Waals surface area contributed by atoms with Gasteiger partial charge in [-0.3, -0.25) is 4.79 Å². The lowest BCUT2D eigenvalue weighted by Gasteiger charge is -2.15. The van der Waals surface area contributed by atoms with E-state index in [2.05, 4.69) is 27.1 Å². The lowest BCUT2D eigenvalue weighted by Crippen LogP contribution is -2.21. The van der Waals surface area contributed by atoms with Crippen molar-refractivity contribution in [3.8, 4) is 0 Å². The van der Waals surface area contributed by atoms with Crippen LogP contribution in [0.3, 0.4) is 0 Å². The van der Waals surface area contributed by atoms with Crippen molar-refractivity contribution in [2.45, 2.75) is 52.4 Å². The van der Waals surface area contributed by atoms with E-state index in [1.54, 1.807) is 24.3 Å². The number of aromatic nitrogens is 2. The Morgan fingerprint density at radius 3 is 2.69 bits per heavy atom. The fraction of sp³-hybridized carbons (Fsp3) is 0.462. The van der Waals surface area contributed by atoms with Gasteiger partial charge in [-0.05, 0) is 82.9 Å². The number of likely N-dealkylation sites (tertiary alicyclic amines) is 1. The van der Waals surface area contributed by atoms with Crippen molar-refractivity contribution in [2.75, 3.05) is 30.7 Å². The van der Waals surface area contributed by atoms with Crippen molar-refractivity contribution in [1.29, 1.82) is 0 Å². The number of hydrogen-bond acceptors (Lipinski definition) is 7. The molecule has 0 bridgehead atoms. The summed E-state index contributed by atoms with van der Waals surface area (Å²) in [5.74, 6) is 0.203. The zero-order chi connectivity index (χ0) is 25.2. The molecule has 3 aromatic heterocycles.